The first-order valence-electron chi connectivity index (χ1n) is 16.5. The van der Waals surface area contributed by atoms with Gasteiger partial charge in [0, 0.05) is 62.3 Å². The van der Waals surface area contributed by atoms with E-state index < -0.39 is 28.9 Å². The SMILES string of the molecule is CNC(=O)CN1CCC(Oc2cc3nccc(Oc4ccc(NC)cc4F)c3cc2OC)CC1.O=CC1(C(=O)Nc2cccc(C(F)(F)F)c2)CC1. The Morgan fingerprint density at radius 1 is 0.962 bits per heavy atom. The lowest BCUT2D eigenvalue weighted by Crippen LogP contribution is -2.43. The van der Waals surface area contributed by atoms with Gasteiger partial charge in [-0.05, 0) is 68.1 Å². The first kappa shape index (κ1) is 37.8. The number of pyridine rings is 1. The summed E-state index contributed by atoms with van der Waals surface area (Å²) in [6, 6.07) is 14.3. The van der Waals surface area contributed by atoms with Crippen LogP contribution < -0.4 is 30.2 Å². The van der Waals surface area contributed by atoms with E-state index >= 15 is 0 Å². The lowest BCUT2D eigenvalue weighted by molar-refractivity contribution is -0.137. The second-order valence-electron chi connectivity index (χ2n) is 12.4. The molecule has 276 valence electrons. The number of likely N-dealkylation sites (N-methyl/N-ethyl adjacent to an activating group) is 1. The van der Waals surface area contributed by atoms with Crippen molar-refractivity contribution in [3.63, 3.8) is 0 Å². The number of nitrogens with zero attached hydrogens (tertiary/aromatic N) is 2. The zero-order valence-electron chi connectivity index (χ0n) is 28.8. The van der Waals surface area contributed by atoms with E-state index in [1.54, 1.807) is 51.7 Å². The minimum atomic E-state index is -4.46. The summed E-state index contributed by atoms with van der Waals surface area (Å²) < 4.78 is 69.5. The summed E-state index contributed by atoms with van der Waals surface area (Å²) in [4.78, 5) is 40.5. The molecule has 1 aliphatic heterocycles. The number of ether oxygens (including phenoxy) is 3. The highest BCUT2D eigenvalue weighted by Crippen LogP contribution is 2.44. The fraction of sp³-hybridized carbons (Fsp3) is 0.351. The zero-order chi connectivity index (χ0) is 37.5. The summed E-state index contributed by atoms with van der Waals surface area (Å²) in [5.41, 5.74) is -0.516. The number of fused-ring (bicyclic) bond motifs is 1. The number of halogens is 4. The lowest BCUT2D eigenvalue weighted by Gasteiger charge is -2.31. The number of benzene rings is 3. The second kappa shape index (κ2) is 16.3. The fourth-order valence-corrected chi connectivity index (χ4v) is 5.54. The topological polar surface area (TPSA) is 131 Å². The van der Waals surface area contributed by atoms with E-state index in [-0.39, 0.29) is 23.4 Å². The molecule has 3 aromatic carbocycles. The van der Waals surface area contributed by atoms with Crippen LogP contribution in [0.3, 0.4) is 0 Å². The molecule has 0 atom stereocenters. The maximum absolute atomic E-state index is 14.5. The summed E-state index contributed by atoms with van der Waals surface area (Å²) in [6.45, 7) is 1.96. The van der Waals surface area contributed by atoms with Crippen LogP contribution in [-0.4, -0.2) is 74.9 Å². The fourth-order valence-electron chi connectivity index (χ4n) is 5.54. The third kappa shape index (κ3) is 9.26. The maximum Gasteiger partial charge on any atom is 0.416 e. The molecule has 1 aromatic heterocycles. The van der Waals surface area contributed by atoms with Crippen molar-refractivity contribution in [1.82, 2.24) is 15.2 Å². The van der Waals surface area contributed by atoms with Gasteiger partial charge in [-0.3, -0.25) is 19.5 Å². The van der Waals surface area contributed by atoms with Crippen LogP contribution in [0.25, 0.3) is 10.9 Å². The van der Waals surface area contributed by atoms with Gasteiger partial charge < -0.3 is 35.0 Å². The molecular formula is C37H39F4N5O6. The number of hydrogen-bond acceptors (Lipinski definition) is 9. The van der Waals surface area contributed by atoms with Crippen LogP contribution in [0.1, 0.15) is 31.2 Å². The van der Waals surface area contributed by atoms with Crippen molar-refractivity contribution < 1.29 is 46.2 Å². The smallest absolute Gasteiger partial charge is 0.416 e. The number of rotatable bonds is 11. The monoisotopic (exact) mass is 725 g/mol. The van der Waals surface area contributed by atoms with Gasteiger partial charge in [0.2, 0.25) is 11.8 Å². The van der Waals surface area contributed by atoms with Crippen LogP contribution in [0.2, 0.25) is 0 Å². The molecule has 52 heavy (non-hydrogen) atoms. The third-order valence-corrected chi connectivity index (χ3v) is 8.82. The molecule has 4 aromatic rings. The van der Waals surface area contributed by atoms with E-state index in [1.807, 2.05) is 6.07 Å². The summed E-state index contributed by atoms with van der Waals surface area (Å²) in [7, 11) is 4.95. The number of carbonyl (C=O) groups excluding carboxylic acids is 3. The van der Waals surface area contributed by atoms with Gasteiger partial charge in [-0.25, -0.2) is 4.39 Å². The molecule has 2 heterocycles. The summed E-state index contributed by atoms with van der Waals surface area (Å²) in [5, 5.41) is 8.58. The molecule has 11 nitrogen and oxygen atoms in total. The maximum atomic E-state index is 14.5. The number of aromatic nitrogens is 1. The first-order chi connectivity index (χ1) is 24.9. The van der Waals surface area contributed by atoms with Crippen LogP contribution >= 0.6 is 0 Å². The van der Waals surface area contributed by atoms with Crippen molar-refractivity contribution in [3.8, 4) is 23.0 Å². The summed E-state index contributed by atoms with van der Waals surface area (Å²) in [6.07, 6.45) is 0.214. The number of aldehydes is 1. The van der Waals surface area contributed by atoms with Crippen LogP contribution in [-0.2, 0) is 20.6 Å². The minimum absolute atomic E-state index is 0.00602. The molecule has 1 saturated carbocycles. The zero-order valence-corrected chi connectivity index (χ0v) is 28.8. The Balaban J connectivity index is 0.000000244. The molecule has 15 heteroatoms. The number of alkyl halides is 3. The predicted molar refractivity (Wildman–Crippen MR) is 186 cm³/mol. The molecule has 0 unspecified atom stereocenters. The Labute approximate surface area is 297 Å². The highest BCUT2D eigenvalue weighted by atomic mass is 19.4. The molecule has 2 aliphatic rings. The molecule has 0 spiro atoms. The van der Waals surface area contributed by atoms with Crippen LogP contribution in [0.15, 0.2) is 66.9 Å². The standard InChI is InChI=1S/C25H29FN4O4.C12H10F3NO2/c1-27-16-4-5-22(19(26)12-16)34-21-6-9-29-20-14-24(23(32-3)13-18(20)21)33-17-7-10-30(11-8-17)15-25(31)28-2;13-12(14,15)8-2-1-3-9(6-8)16-10(18)11(7-17)4-5-11/h4-6,9,12-14,17,27H,7-8,10-11,15H2,1-3H3,(H,28,31);1-3,6-7H,4-5H2,(H,16,18). The number of hydrogen-bond donors (Lipinski definition) is 3. The van der Waals surface area contributed by atoms with Crippen molar-refractivity contribution in [3.05, 3.63) is 78.2 Å². The molecule has 2 amide bonds. The van der Waals surface area contributed by atoms with Crippen molar-refractivity contribution in [2.75, 3.05) is 51.5 Å². The number of nitrogens with one attached hydrogen (secondary N) is 3. The van der Waals surface area contributed by atoms with Crippen molar-refractivity contribution >= 4 is 40.4 Å². The van der Waals surface area contributed by atoms with Crippen molar-refractivity contribution in [2.24, 2.45) is 5.41 Å². The lowest BCUT2D eigenvalue weighted by atomic mass is 10.1. The number of amides is 2. The van der Waals surface area contributed by atoms with Crippen LogP contribution in [0.4, 0.5) is 28.9 Å². The largest absolute Gasteiger partial charge is 0.493 e. The Kier molecular flexibility index (Phi) is 11.8. The van der Waals surface area contributed by atoms with Gasteiger partial charge in [-0.15, -0.1) is 0 Å². The first-order valence-corrected chi connectivity index (χ1v) is 16.5. The molecule has 2 fully saturated rings. The van der Waals surface area contributed by atoms with Gasteiger partial charge in [0.1, 0.15) is 23.6 Å². The average molecular weight is 726 g/mol. The number of likely N-dealkylation sites (tertiary alicyclic amines) is 1. The highest BCUT2D eigenvalue weighted by molar-refractivity contribution is 6.07. The minimum Gasteiger partial charge on any atom is -0.493 e. The molecule has 0 bridgehead atoms. The normalized spacial score (nSPS) is 15.4. The van der Waals surface area contributed by atoms with Gasteiger partial charge in [0.05, 0.1) is 24.7 Å². The van der Waals surface area contributed by atoms with Gasteiger partial charge in [0.15, 0.2) is 23.1 Å². The predicted octanol–water partition coefficient (Wildman–Crippen LogP) is 6.43. The Morgan fingerprint density at radius 3 is 2.33 bits per heavy atom. The Hall–Kier alpha value is -5.44. The summed E-state index contributed by atoms with van der Waals surface area (Å²) >= 11 is 0. The number of carbonyl (C=O) groups is 3. The highest BCUT2D eigenvalue weighted by Gasteiger charge is 2.50. The van der Waals surface area contributed by atoms with Crippen molar-refractivity contribution in [1.29, 1.82) is 0 Å². The van der Waals surface area contributed by atoms with E-state index in [9.17, 15) is 31.9 Å². The van der Waals surface area contributed by atoms with E-state index in [2.05, 4.69) is 25.8 Å². The molecule has 3 N–H and O–H groups in total. The summed E-state index contributed by atoms with van der Waals surface area (Å²) in [5.74, 6) is 0.724. The number of anilines is 2. The Morgan fingerprint density at radius 2 is 1.71 bits per heavy atom. The van der Waals surface area contributed by atoms with Crippen LogP contribution in [0, 0.1) is 11.2 Å². The molecule has 1 saturated heterocycles. The molecule has 1 aliphatic carbocycles. The quantitative estimate of drug-likeness (QED) is 0.0910. The van der Waals surface area contributed by atoms with Gasteiger partial charge in [-0.1, -0.05) is 6.07 Å². The third-order valence-electron chi connectivity index (χ3n) is 8.82. The van der Waals surface area contributed by atoms with E-state index in [0.29, 0.717) is 59.5 Å². The van der Waals surface area contributed by atoms with Gasteiger partial charge in [0.25, 0.3) is 0 Å². The van der Waals surface area contributed by atoms with E-state index in [0.717, 1.165) is 38.1 Å². The molecule has 6 rings (SSSR count). The van der Waals surface area contributed by atoms with E-state index in [1.165, 1.54) is 18.2 Å². The Bertz CT molecular complexity index is 1910. The van der Waals surface area contributed by atoms with Gasteiger partial charge >= 0.3 is 6.18 Å². The number of piperidine rings is 1. The van der Waals surface area contributed by atoms with Gasteiger partial charge in [-0.2, -0.15) is 13.2 Å². The molecular weight excluding hydrogens is 686 g/mol. The average Bonchev–Trinajstić information content (AvgIpc) is 3.95. The molecule has 0 radical (unpaired) electrons. The van der Waals surface area contributed by atoms with Crippen LogP contribution in [0.5, 0.6) is 23.0 Å². The second-order valence-corrected chi connectivity index (χ2v) is 12.4. The number of methoxy groups -OCH3 is 1. The van der Waals surface area contributed by atoms with Crippen molar-refractivity contribution in [2.45, 2.75) is 38.0 Å². The van der Waals surface area contributed by atoms with E-state index in [4.69, 9.17) is 14.2 Å².